The smallest absolute Gasteiger partial charge is 0.212 e. The Kier molecular flexibility index (Phi) is 8.93. The molecule has 0 fully saturated rings. The second kappa shape index (κ2) is 10.4. The Labute approximate surface area is 158 Å². The lowest BCUT2D eigenvalue weighted by molar-refractivity contribution is 0.397. The largest absolute Gasteiger partial charge is 0.481 e. The molecule has 0 aliphatic rings. The maximum Gasteiger partial charge on any atom is 0.212 e. The zero-order chi connectivity index (χ0) is 15.8. The van der Waals surface area contributed by atoms with Gasteiger partial charge in [-0.15, -0.1) is 35.3 Å². The molecule has 0 radical (unpaired) electrons. The first-order valence-electron chi connectivity index (χ1n) is 7.16. The van der Waals surface area contributed by atoms with Gasteiger partial charge in [-0.2, -0.15) is 0 Å². The summed E-state index contributed by atoms with van der Waals surface area (Å²) >= 11 is 1.79. The SMILES string of the molecule is CN=C(NCc1ccc(OC)nc1)N(C)CCc1cccs1.I. The molecule has 5 nitrogen and oxygen atoms in total. The third-order valence-corrected chi connectivity index (χ3v) is 4.24. The third kappa shape index (κ3) is 6.34. The first kappa shape index (κ1) is 19.7. The van der Waals surface area contributed by atoms with E-state index in [-0.39, 0.29) is 24.0 Å². The highest BCUT2D eigenvalue weighted by Crippen LogP contribution is 2.10. The summed E-state index contributed by atoms with van der Waals surface area (Å²) in [4.78, 5) is 12.1. The van der Waals surface area contributed by atoms with Gasteiger partial charge in [0.25, 0.3) is 0 Å². The number of pyridine rings is 1. The van der Waals surface area contributed by atoms with Crippen LogP contribution in [0.3, 0.4) is 0 Å². The molecule has 0 atom stereocenters. The van der Waals surface area contributed by atoms with Gasteiger partial charge >= 0.3 is 0 Å². The summed E-state index contributed by atoms with van der Waals surface area (Å²) in [6, 6.07) is 8.11. The van der Waals surface area contributed by atoms with E-state index in [1.165, 1.54) is 4.88 Å². The molecule has 0 saturated carbocycles. The maximum atomic E-state index is 5.06. The van der Waals surface area contributed by atoms with Crippen LogP contribution in [0.15, 0.2) is 40.8 Å². The van der Waals surface area contributed by atoms with Crippen LogP contribution in [0.1, 0.15) is 10.4 Å². The fourth-order valence-corrected chi connectivity index (χ4v) is 2.74. The number of nitrogens with zero attached hydrogens (tertiary/aromatic N) is 3. The van der Waals surface area contributed by atoms with Crippen LogP contribution in [0.5, 0.6) is 5.88 Å². The minimum atomic E-state index is 0. The molecule has 2 rings (SSSR count). The minimum absolute atomic E-state index is 0. The molecule has 0 aromatic carbocycles. The Morgan fingerprint density at radius 1 is 1.39 bits per heavy atom. The van der Waals surface area contributed by atoms with Crippen molar-refractivity contribution in [3.63, 3.8) is 0 Å². The standard InChI is InChI=1S/C16H22N4OS.HI/c1-17-16(20(2)9-8-14-5-4-10-22-14)19-12-13-6-7-15(21-3)18-11-13;/h4-7,10-11H,8-9,12H2,1-3H3,(H,17,19);1H. The van der Waals surface area contributed by atoms with E-state index in [2.05, 4.69) is 44.8 Å². The van der Waals surface area contributed by atoms with Crippen LogP contribution < -0.4 is 10.1 Å². The van der Waals surface area contributed by atoms with E-state index in [1.807, 2.05) is 18.3 Å². The van der Waals surface area contributed by atoms with Gasteiger partial charge < -0.3 is 15.0 Å². The first-order chi connectivity index (χ1) is 10.7. The van der Waals surface area contributed by atoms with Crippen molar-refractivity contribution in [2.45, 2.75) is 13.0 Å². The molecule has 0 aliphatic heterocycles. The zero-order valence-electron chi connectivity index (χ0n) is 13.7. The molecule has 0 saturated heterocycles. The van der Waals surface area contributed by atoms with E-state index >= 15 is 0 Å². The van der Waals surface area contributed by atoms with E-state index in [1.54, 1.807) is 25.5 Å². The highest BCUT2D eigenvalue weighted by Gasteiger charge is 2.06. The Morgan fingerprint density at radius 3 is 2.78 bits per heavy atom. The van der Waals surface area contributed by atoms with E-state index < -0.39 is 0 Å². The normalized spacial score (nSPS) is 10.8. The predicted octanol–water partition coefficient (Wildman–Crippen LogP) is 3.02. The van der Waals surface area contributed by atoms with E-state index in [9.17, 15) is 0 Å². The van der Waals surface area contributed by atoms with Crippen LogP contribution in [-0.2, 0) is 13.0 Å². The second-order valence-corrected chi connectivity index (χ2v) is 5.89. The Morgan fingerprint density at radius 2 is 2.22 bits per heavy atom. The van der Waals surface area contributed by atoms with Gasteiger partial charge in [-0.1, -0.05) is 12.1 Å². The first-order valence-corrected chi connectivity index (χ1v) is 8.04. The average Bonchev–Trinajstić information content (AvgIpc) is 3.07. The lowest BCUT2D eigenvalue weighted by atomic mass is 10.3. The summed E-state index contributed by atoms with van der Waals surface area (Å²) in [5.41, 5.74) is 1.09. The Balaban J connectivity index is 0.00000264. The van der Waals surface area contributed by atoms with Crippen molar-refractivity contribution in [2.75, 3.05) is 27.7 Å². The van der Waals surface area contributed by atoms with Gasteiger partial charge in [0.2, 0.25) is 5.88 Å². The van der Waals surface area contributed by atoms with Crippen molar-refractivity contribution < 1.29 is 4.74 Å². The van der Waals surface area contributed by atoms with Gasteiger partial charge in [0, 0.05) is 44.3 Å². The molecule has 0 amide bonds. The van der Waals surface area contributed by atoms with Gasteiger partial charge in [-0.05, 0) is 23.4 Å². The van der Waals surface area contributed by atoms with Gasteiger partial charge in [0.05, 0.1) is 7.11 Å². The highest BCUT2D eigenvalue weighted by atomic mass is 127. The number of aromatic nitrogens is 1. The molecule has 23 heavy (non-hydrogen) atoms. The zero-order valence-corrected chi connectivity index (χ0v) is 16.8. The lowest BCUT2D eigenvalue weighted by Crippen LogP contribution is -2.39. The van der Waals surface area contributed by atoms with Crippen LogP contribution in [0.2, 0.25) is 0 Å². The fourth-order valence-electron chi connectivity index (χ4n) is 2.04. The maximum absolute atomic E-state index is 5.06. The van der Waals surface area contributed by atoms with Crippen LogP contribution in [0, 0.1) is 0 Å². The minimum Gasteiger partial charge on any atom is -0.481 e. The second-order valence-electron chi connectivity index (χ2n) is 4.86. The summed E-state index contributed by atoms with van der Waals surface area (Å²) in [5.74, 6) is 1.51. The number of thiophene rings is 1. The molecule has 1 N–H and O–H groups in total. The molecule has 0 unspecified atom stereocenters. The van der Waals surface area contributed by atoms with E-state index in [4.69, 9.17) is 4.74 Å². The number of halogens is 1. The number of hydrogen-bond donors (Lipinski definition) is 1. The lowest BCUT2D eigenvalue weighted by Gasteiger charge is -2.21. The van der Waals surface area contributed by atoms with Crippen molar-refractivity contribution in [2.24, 2.45) is 4.99 Å². The Hall–Kier alpha value is -1.35. The molecule has 0 bridgehead atoms. The molecule has 2 heterocycles. The average molecular weight is 446 g/mol. The van der Waals surface area contributed by atoms with Crippen molar-refractivity contribution in [1.82, 2.24) is 15.2 Å². The van der Waals surface area contributed by atoms with Gasteiger partial charge in [0.15, 0.2) is 5.96 Å². The molecule has 126 valence electrons. The number of aliphatic imine (C=N–C) groups is 1. The summed E-state index contributed by atoms with van der Waals surface area (Å²) < 4.78 is 5.06. The van der Waals surface area contributed by atoms with E-state index in [0.29, 0.717) is 12.4 Å². The number of guanidine groups is 1. The van der Waals surface area contributed by atoms with Crippen molar-refractivity contribution >= 4 is 41.3 Å². The number of hydrogen-bond acceptors (Lipinski definition) is 4. The fraction of sp³-hybridized carbons (Fsp3) is 0.375. The number of likely N-dealkylation sites (N-methyl/N-ethyl adjacent to an activating group) is 1. The molecule has 0 aliphatic carbocycles. The van der Waals surface area contributed by atoms with Crippen molar-refractivity contribution in [1.29, 1.82) is 0 Å². The molecule has 7 heteroatoms. The molecule has 0 spiro atoms. The Bertz CT molecular complexity index is 587. The summed E-state index contributed by atoms with van der Waals surface area (Å²) in [7, 11) is 5.47. The molecular weight excluding hydrogens is 423 g/mol. The summed E-state index contributed by atoms with van der Waals surface area (Å²) in [5, 5.41) is 5.46. The van der Waals surface area contributed by atoms with Crippen LogP contribution in [-0.4, -0.2) is 43.6 Å². The van der Waals surface area contributed by atoms with Crippen LogP contribution >= 0.6 is 35.3 Å². The van der Waals surface area contributed by atoms with Crippen LogP contribution in [0.25, 0.3) is 0 Å². The number of methoxy groups -OCH3 is 1. The monoisotopic (exact) mass is 446 g/mol. The third-order valence-electron chi connectivity index (χ3n) is 3.30. The molecular formula is C16H23IN4OS. The van der Waals surface area contributed by atoms with Gasteiger partial charge in [0.1, 0.15) is 0 Å². The van der Waals surface area contributed by atoms with Gasteiger partial charge in [-0.25, -0.2) is 4.98 Å². The highest BCUT2D eigenvalue weighted by molar-refractivity contribution is 14.0. The molecule has 2 aromatic rings. The number of ether oxygens (including phenoxy) is 1. The van der Waals surface area contributed by atoms with Crippen molar-refractivity contribution in [3.05, 3.63) is 46.3 Å². The number of rotatable bonds is 6. The number of nitrogens with one attached hydrogen (secondary N) is 1. The van der Waals surface area contributed by atoms with Crippen LogP contribution in [0.4, 0.5) is 0 Å². The quantitative estimate of drug-likeness (QED) is 0.421. The predicted molar refractivity (Wildman–Crippen MR) is 107 cm³/mol. The van der Waals surface area contributed by atoms with Crippen molar-refractivity contribution in [3.8, 4) is 5.88 Å². The summed E-state index contributed by atoms with van der Waals surface area (Å²) in [6.45, 7) is 1.62. The topological polar surface area (TPSA) is 49.8 Å². The summed E-state index contributed by atoms with van der Waals surface area (Å²) in [6.07, 6.45) is 2.84. The van der Waals surface area contributed by atoms with E-state index in [0.717, 1.165) is 24.5 Å². The van der Waals surface area contributed by atoms with Gasteiger partial charge in [-0.3, -0.25) is 4.99 Å². The molecule has 2 aromatic heterocycles.